The van der Waals surface area contributed by atoms with Gasteiger partial charge in [-0.2, -0.15) is 0 Å². The van der Waals surface area contributed by atoms with Crippen LogP contribution in [0.2, 0.25) is 0 Å². The molecule has 2 heterocycles. The number of hydrogen-bond acceptors (Lipinski definition) is 5. The molecule has 0 radical (unpaired) electrons. The first kappa shape index (κ1) is 8.88. The summed E-state index contributed by atoms with van der Waals surface area (Å²) in [5, 5.41) is 0. The third-order valence-corrected chi connectivity index (χ3v) is 3.59. The Hall–Kier alpha value is -1.39. The molecule has 3 aliphatic rings. The second-order valence-electron chi connectivity index (χ2n) is 4.35. The van der Waals surface area contributed by atoms with Gasteiger partial charge in [-0.05, 0) is 0 Å². The van der Waals surface area contributed by atoms with Crippen LogP contribution in [0.15, 0.2) is 0 Å². The first-order valence-electron chi connectivity index (χ1n) is 5.04. The standard InChI is InChI=1S/C10H10O5/c11-6-1-4-2-14-9(12)7(4)8-5(6)3-15-10(8)13/h4-5,7-8H,1-3H2/t4-,5-,7+,8-/m1/s1. The van der Waals surface area contributed by atoms with Crippen molar-refractivity contribution < 1.29 is 23.9 Å². The van der Waals surface area contributed by atoms with Crippen molar-refractivity contribution in [3.05, 3.63) is 0 Å². The van der Waals surface area contributed by atoms with Gasteiger partial charge >= 0.3 is 11.9 Å². The van der Waals surface area contributed by atoms with Gasteiger partial charge in [0, 0.05) is 12.3 Å². The van der Waals surface area contributed by atoms with E-state index in [-0.39, 0.29) is 30.9 Å². The van der Waals surface area contributed by atoms with Crippen LogP contribution in [0.5, 0.6) is 0 Å². The number of Topliss-reactive ketones (excluding diaryl/α,β-unsaturated/α-hetero) is 1. The fraction of sp³-hybridized carbons (Fsp3) is 0.700. The molecule has 2 aliphatic heterocycles. The number of cyclic esters (lactones) is 2. The summed E-state index contributed by atoms with van der Waals surface area (Å²) >= 11 is 0. The van der Waals surface area contributed by atoms with E-state index in [4.69, 9.17) is 9.47 Å². The predicted molar refractivity (Wildman–Crippen MR) is 45.5 cm³/mol. The minimum Gasteiger partial charge on any atom is -0.465 e. The molecule has 15 heavy (non-hydrogen) atoms. The van der Waals surface area contributed by atoms with Crippen LogP contribution in [0.3, 0.4) is 0 Å². The molecular weight excluding hydrogens is 200 g/mol. The van der Waals surface area contributed by atoms with Gasteiger partial charge in [0.15, 0.2) is 0 Å². The van der Waals surface area contributed by atoms with Crippen LogP contribution in [0.25, 0.3) is 0 Å². The fourth-order valence-corrected chi connectivity index (χ4v) is 2.84. The lowest BCUT2D eigenvalue weighted by Crippen LogP contribution is -2.42. The van der Waals surface area contributed by atoms with Crippen LogP contribution in [-0.2, 0) is 23.9 Å². The van der Waals surface area contributed by atoms with Gasteiger partial charge in [-0.1, -0.05) is 0 Å². The summed E-state index contributed by atoms with van der Waals surface area (Å²) < 4.78 is 9.77. The van der Waals surface area contributed by atoms with E-state index < -0.39 is 23.7 Å². The molecule has 80 valence electrons. The second kappa shape index (κ2) is 2.81. The molecular formula is C10H10O5. The Bertz CT molecular complexity index is 361. The van der Waals surface area contributed by atoms with Gasteiger partial charge in [0.1, 0.15) is 12.4 Å². The normalized spacial score (nSPS) is 43.3. The highest BCUT2D eigenvalue weighted by atomic mass is 16.5. The van der Waals surface area contributed by atoms with E-state index in [0.717, 1.165) is 0 Å². The number of ketones is 1. The Morgan fingerprint density at radius 3 is 2.40 bits per heavy atom. The number of carbonyl (C=O) groups is 3. The maximum Gasteiger partial charge on any atom is 0.310 e. The van der Waals surface area contributed by atoms with Crippen LogP contribution >= 0.6 is 0 Å². The molecule has 0 amide bonds. The smallest absolute Gasteiger partial charge is 0.310 e. The average Bonchev–Trinajstić information content (AvgIpc) is 2.72. The van der Waals surface area contributed by atoms with Crippen LogP contribution in [0.4, 0.5) is 0 Å². The van der Waals surface area contributed by atoms with E-state index in [2.05, 4.69) is 0 Å². The predicted octanol–water partition coefficient (Wildman–Crippen LogP) is -0.462. The van der Waals surface area contributed by atoms with Crippen LogP contribution in [0.1, 0.15) is 6.42 Å². The number of ether oxygens (including phenoxy) is 2. The average molecular weight is 210 g/mol. The summed E-state index contributed by atoms with van der Waals surface area (Å²) in [6.07, 6.45) is 0.341. The highest BCUT2D eigenvalue weighted by Gasteiger charge is 2.58. The Kier molecular flexibility index (Phi) is 1.66. The molecule has 1 saturated carbocycles. The van der Waals surface area contributed by atoms with E-state index in [1.165, 1.54) is 0 Å². The van der Waals surface area contributed by atoms with E-state index in [9.17, 15) is 14.4 Å². The number of hydrogen-bond donors (Lipinski definition) is 0. The zero-order chi connectivity index (χ0) is 10.6. The lowest BCUT2D eigenvalue weighted by molar-refractivity contribution is -0.151. The minimum absolute atomic E-state index is 0.0328. The van der Waals surface area contributed by atoms with Crippen molar-refractivity contribution in [3.63, 3.8) is 0 Å². The Labute approximate surface area is 85.7 Å². The second-order valence-corrected chi connectivity index (χ2v) is 4.35. The molecule has 0 aromatic rings. The molecule has 0 unspecified atom stereocenters. The van der Waals surface area contributed by atoms with Crippen molar-refractivity contribution >= 4 is 17.7 Å². The molecule has 3 rings (SSSR count). The zero-order valence-electron chi connectivity index (χ0n) is 7.97. The summed E-state index contributed by atoms with van der Waals surface area (Å²) in [4.78, 5) is 34.6. The summed E-state index contributed by atoms with van der Waals surface area (Å²) in [6, 6.07) is 0. The van der Waals surface area contributed by atoms with Crippen molar-refractivity contribution in [2.45, 2.75) is 6.42 Å². The molecule has 5 nitrogen and oxygen atoms in total. The van der Waals surface area contributed by atoms with Gasteiger partial charge in [0.25, 0.3) is 0 Å². The van der Waals surface area contributed by atoms with Crippen molar-refractivity contribution in [2.75, 3.05) is 13.2 Å². The van der Waals surface area contributed by atoms with Gasteiger partial charge in [-0.3, -0.25) is 14.4 Å². The lowest BCUT2D eigenvalue weighted by Gasteiger charge is -2.27. The van der Waals surface area contributed by atoms with Crippen molar-refractivity contribution in [3.8, 4) is 0 Å². The largest absolute Gasteiger partial charge is 0.465 e. The molecule has 0 bridgehead atoms. The van der Waals surface area contributed by atoms with Crippen LogP contribution in [0, 0.1) is 23.7 Å². The lowest BCUT2D eigenvalue weighted by atomic mass is 9.68. The maximum atomic E-state index is 11.7. The first-order chi connectivity index (χ1) is 7.18. The summed E-state index contributed by atoms with van der Waals surface area (Å²) in [5.41, 5.74) is 0. The Balaban J connectivity index is 2.00. The molecule has 1 aliphatic carbocycles. The van der Waals surface area contributed by atoms with Crippen LogP contribution < -0.4 is 0 Å². The number of fused-ring (bicyclic) bond motifs is 3. The van der Waals surface area contributed by atoms with E-state index >= 15 is 0 Å². The molecule has 5 heteroatoms. The van der Waals surface area contributed by atoms with Crippen molar-refractivity contribution in [2.24, 2.45) is 23.7 Å². The van der Waals surface area contributed by atoms with Crippen molar-refractivity contribution in [1.82, 2.24) is 0 Å². The minimum atomic E-state index is -0.578. The van der Waals surface area contributed by atoms with E-state index in [1.54, 1.807) is 0 Å². The van der Waals surface area contributed by atoms with Gasteiger partial charge < -0.3 is 9.47 Å². The summed E-state index contributed by atoms with van der Waals surface area (Å²) in [6.45, 7) is 0.407. The molecule has 2 saturated heterocycles. The SMILES string of the molecule is O=C1OC[C@H]2CC(=O)[C@H]3COC(=O)[C@H]3[C@@H]12. The molecule has 0 N–H and O–H groups in total. The Morgan fingerprint density at radius 1 is 0.933 bits per heavy atom. The molecule has 3 fully saturated rings. The summed E-state index contributed by atoms with van der Waals surface area (Å²) in [7, 11) is 0. The van der Waals surface area contributed by atoms with Crippen molar-refractivity contribution in [1.29, 1.82) is 0 Å². The van der Waals surface area contributed by atoms with Gasteiger partial charge in [0.2, 0.25) is 0 Å². The van der Waals surface area contributed by atoms with E-state index in [0.29, 0.717) is 6.42 Å². The third-order valence-electron chi connectivity index (χ3n) is 3.59. The van der Waals surface area contributed by atoms with Gasteiger partial charge in [-0.25, -0.2) is 0 Å². The highest BCUT2D eigenvalue weighted by molar-refractivity contribution is 5.95. The first-order valence-corrected chi connectivity index (χ1v) is 5.04. The van der Waals surface area contributed by atoms with Gasteiger partial charge in [-0.15, -0.1) is 0 Å². The summed E-state index contributed by atoms with van der Waals surface area (Å²) in [5.74, 6) is -2.27. The zero-order valence-corrected chi connectivity index (χ0v) is 7.97. The molecule has 0 aromatic carbocycles. The molecule has 0 aromatic heterocycles. The highest BCUT2D eigenvalue weighted by Crippen LogP contribution is 2.44. The number of rotatable bonds is 0. The molecule has 4 atom stereocenters. The number of esters is 2. The number of carbonyl (C=O) groups excluding carboxylic acids is 3. The third kappa shape index (κ3) is 1.06. The monoisotopic (exact) mass is 210 g/mol. The maximum absolute atomic E-state index is 11.7. The molecule has 0 spiro atoms. The van der Waals surface area contributed by atoms with Gasteiger partial charge in [0.05, 0.1) is 24.4 Å². The van der Waals surface area contributed by atoms with Crippen LogP contribution in [-0.4, -0.2) is 30.9 Å². The topological polar surface area (TPSA) is 69.7 Å². The quantitative estimate of drug-likeness (QED) is 0.506. The van der Waals surface area contributed by atoms with E-state index in [1.807, 2.05) is 0 Å². The Morgan fingerprint density at radius 2 is 1.60 bits per heavy atom. The fourth-order valence-electron chi connectivity index (χ4n) is 2.84.